The van der Waals surface area contributed by atoms with Crippen LogP contribution in [-0.4, -0.2) is 28.0 Å². The van der Waals surface area contributed by atoms with Crippen LogP contribution in [0.5, 0.6) is 0 Å². The molecule has 0 aliphatic carbocycles. The van der Waals surface area contributed by atoms with Crippen LogP contribution in [0.2, 0.25) is 0 Å². The van der Waals surface area contributed by atoms with Crippen LogP contribution in [0, 0.1) is 6.92 Å². The number of carbonyl (C=O) groups excluding carboxylic acids is 2. The molecule has 0 aliphatic rings. The molecule has 0 aliphatic heterocycles. The maximum atomic E-state index is 13.0. The first-order chi connectivity index (χ1) is 13.5. The molecule has 3 rings (SSSR count). The molecule has 3 aromatic rings. The molecule has 1 aromatic carbocycles. The van der Waals surface area contributed by atoms with E-state index in [4.69, 9.17) is 4.52 Å². The van der Waals surface area contributed by atoms with Crippen molar-refractivity contribution in [1.29, 1.82) is 0 Å². The van der Waals surface area contributed by atoms with Crippen molar-refractivity contribution in [2.24, 2.45) is 0 Å². The first-order valence-corrected chi connectivity index (χ1v) is 9.01. The van der Waals surface area contributed by atoms with Crippen molar-refractivity contribution in [2.75, 3.05) is 5.32 Å². The summed E-state index contributed by atoms with van der Waals surface area (Å²) >= 11 is 0. The van der Waals surface area contributed by atoms with Crippen LogP contribution in [-0.2, 0) is 16.0 Å². The van der Waals surface area contributed by atoms with Gasteiger partial charge in [-0.3, -0.25) is 14.6 Å². The fourth-order valence-electron chi connectivity index (χ4n) is 2.84. The Morgan fingerprint density at radius 2 is 1.79 bits per heavy atom. The molecule has 7 nitrogen and oxygen atoms in total. The Balaban J connectivity index is 1.70. The van der Waals surface area contributed by atoms with E-state index < -0.39 is 12.0 Å². The molecule has 2 amide bonds. The number of rotatable bonds is 7. The molecule has 0 saturated carbocycles. The van der Waals surface area contributed by atoms with Crippen LogP contribution in [0.3, 0.4) is 0 Å². The topological polar surface area (TPSA) is 97.1 Å². The average Bonchev–Trinajstić information content (AvgIpc) is 3.12. The lowest BCUT2D eigenvalue weighted by atomic mass is 9.91. The monoisotopic (exact) mass is 378 g/mol. The van der Waals surface area contributed by atoms with Crippen molar-refractivity contribution >= 4 is 17.6 Å². The first-order valence-electron chi connectivity index (χ1n) is 9.01. The number of aryl methyl sites for hydroxylation is 1. The molecular formula is C21H22N4O3. The van der Waals surface area contributed by atoms with Crippen molar-refractivity contribution in [3.8, 4) is 0 Å². The number of hydrogen-bond acceptors (Lipinski definition) is 5. The van der Waals surface area contributed by atoms with Crippen molar-refractivity contribution in [3.63, 3.8) is 0 Å². The smallest absolute Gasteiger partial charge is 0.247 e. The normalized spacial score (nSPS) is 12.8. The van der Waals surface area contributed by atoms with E-state index in [0.29, 0.717) is 18.0 Å². The van der Waals surface area contributed by atoms with Gasteiger partial charge in [0.05, 0.1) is 5.92 Å². The Morgan fingerprint density at radius 1 is 1.07 bits per heavy atom. The minimum absolute atomic E-state index is 0.220. The summed E-state index contributed by atoms with van der Waals surface area (Å²) in [5, 5.41) is 9.16. The second kappa shape index (κ2) is 8.94. The molecule has 2 unspecified atom stereocenters. The Kier molecular flexibility index (Phi) is 6.16. The van der Waals surface area contributed by atoms with Gasteiger partial charge in [0, 0.05) is 18.5 Å². The Hall–Kier alpha value is -3.48. The van der Waals surface area contributed by atoms with E-state index in [1.807, 2.05) is 42.5 Å². The SMILES string of the molecule is Cc1cc(NC(=O)C(C)NC(=O)C(Cc2ccncc2)c2ccccc2)no1. The van der Waals surface area contributed by atoms with E-state index in [9.17, 15) is 9.59 Å². The largest absolute Gasteiger partial charge is 0.360 e. The van der Waals surface area contributed by atoms with Gasteiger partial charge in [0.1, 0.15) is 11.8 Å². The summed E-state index contributed by atoms with van der Waals surface area (Å²) < 4.78 is 4.93. The van der Waals surface area contributed by atoms with Gasteiger partial charge in [-0.05, 0) is 43.5 Å². The number of hydrogen-bond donors (Lipinski definition) is 2. The van der Waals surface area contributed by atoms with E-state index in [0.717, 1.165) is 11.1 Å². The van der Waals surface area contributed by atoms with Gasteiger partial charge in [-0.2, -0.15) is 0 Å². The number of amides is 2. The third-order valence-electron chi connectivity index (χ3n) is 4.34. The van der Waals surface area contributed by atoms with Crippen LogP contribution in [0.15, 0.2) is 65.4 Å². The predicted molar refractivity (Wildman–Crippen MR) is 105 cm³/mol. The summed E-state index contributed by atoms with van der Waals surface area (Å²) in [5.74, 6) is -0.0963. The van der Waals surface area contributed by atoms with Crippen molar-refractivity contribution < 1.29 is 14.1 Å². The highest BCUT2D eigenvalue weighted by molar-refractivity contribution is 5.97. The zero-order chi connectivity index (χ0) is 19.9. The van der Waals surface area contributed by atoms with Crippen molar-refractivity contribution in [2.45, 2.75) is 32.2 Å². The van der Waals surface area contributed by atoms with E-state index in [1.165, 1.54) is 0 Å². The van der Waals surface area contributed by atoms with E-state index >= 15 is 0 Å². The maximum absolute atomic E-state index is 13.0. The summed E-state index contributed by atoms with van der Waals surface area (Å²) in [5.41, 5.74) is 1.88. The van der Waals surface area contributed by atoms with E-state index in [1.54, 1.807) is 32.3 Å². The summed E-state index contributed by atoms with van der Waals surface area (Å²) in [6.45, 7) is 3.37. The zero-order valence-electron chi connectivity index (χ0n) is 15.8. The van der Waals surface area contributed by atoms with Crippen LogP contribution in [0.1, 0.15) is 29.7 Å². The van der Waals surface area contributed by atoms with E-state index in [2.05, 4.69) is 20.8 Å². The minimum atomic E-state index is -0.729. The molecular weight excluding hydrogens is 356 g/mol. The van der Waals surface area contributed by atoms with Gasteiger partial charge in [-0.15, -0.1) is 0 Å². The molecule has 144 valence electrons. The minimum Gasteiger partial charge on any atom is -0.360 e. The highest BCUT2D eigenvalue weighted by Gasteiger charge is 2.25. The van der Waals surface area contributed by atoms with Gasteiger partial charge in [0.15, 0.2) is 5.82 Å². The van der Waals surface area contributed by atoms with Crippen LogP contribution >= 0.6 is 0 Å². The fraction of sp³-hybridized carbons (Fsp3) is 0.238. The number of carbonyl (C=O) groups is 2. The maximum Gasteiger partial charge on any atom is 0.247 e. The quantitative estimate of drug-likeness (QED) is 0.659. The predicted octanol–water partition coefficient (Wildman–Crippen LogP) is 2.85. The fourth-order valence-corrected chi connectivity index (χ4v) is 2.84. The highest BCUT2D eigenvalue weighted by Crippen LogP contribution is 2.21. The lowest BCUT2D eigenvalue weighted by molar-refractivity contribution is -0.127. The van der Waals surface area contributed by atoms with Gasteiger partial charge in [-0.25, -0.2) is 0 Å². The standard InChI is InChI=1S/C21H22N4O3/c1-14-12-19(25-28-14)24-20(26)15(2)23-21(27)18(17-6-4-3-5-7-17)13-16-8-10-22-11-9-16/h3-12,15,18H,13H2,1-2H3,(H,23,27)(H,24,25,26). The van der Waals surface area contributed by atoms with Crippen LogP contribution in [0.25, 0.3) is 0 Å². The van der Waals surface area contributed by atoms with Crippen molar-refractivity contribution in [3.05, 3.63) is 77.8 Å². The Bertz CT molecular complexity index is 925. The highest BCUT2D eigenvalue weighted by atomic mass is 16.5. The van der Waals surface area contributed by atoms with Crippen LogP contribution < -0.4 is 10.6 Å². The lowest BCUT2D eigenvalue weighted by Crippen LogP contribution is -2.44. The summed E-state index contributed by atoms with van der Waals surface area (Å²) in [6, 6.07) is 14.2. The molecule has 2 aromatic heterocycles. The summed E-state index contributed by atoms with van der Waals surface area (Å²) in [7, 11) is 0. The Morgan fingerprint density at radius 3 is 2.43 bits per heavy atom. The second-order valence-corrected chi connectivity index (χ2v) is 6.57. The molecule has 0 spiro atoms. The Labute approximate surface area is 163 Å². The number of benzene rings is 1. The average molecular weight is 378 g/mol. The van der Waals surface area contributed by atoms with Gasteiger partial charge < -0.3 is 15.2 Å². The molecule has 0 radical (unpaired) electrons. The number of pyridine rings is 1. The molecule has 7 heteroatoms. The second-order valence-electron chi connectivity index (χ2n) is 6.57. The molecule has 2 heterocycles. The first kappa shape index (κ1) is 19.3. The number of nitrogens with one attached hydrogen (secondary N) is 2. The summed E-state index contributed by atoms with van der Waals surface area (Å²) in [4.78, 5) is 29.4. The molecule has 2 atom stereocenters. The van der Waals surface area contributed by atoms with Crippen LogP contribution in [0.4, 0.5) is 5.82 Å². The zero-order valence-corrected chi connectivity index (χ0v) is 15.8. The lowest BCUT2D eigenvalue weighted by Gasteiger charge is -2.20. The molecule has 0 saturated heterocycles. The van der Waals surface area contributed by atoms with Crippen molar-refractivity contribution in [1.82, 2.24) is 15.5 Å². The van der Waals surface area contributed by atoms with Gasteiger partial charge in [0.25, 0.3) is 0 Å². The molecule has 0 fully saturated rings. The molecule has 28 heavy (non-hydrogen) atoms. The summed E-state index contributed by atoms with van der Waals surface area (Å²) in [6.07, 6.45) is 3.91. The van der Waals surface area contributed by atoms with Gasteiger partial charge >= 0.3 is 0 Å². The number of nitrogens with zero attached hydrogens (tertiary/aromatic N) is 2. The number of anilines is 1. The number of aromatic nitrogens is 2. The third-order valence-corrected chi connectivity index (χ3v) is 4.34. The molecule has 2 N–H and O–H groups in total. The van der Waals surface area contributed by atoms with Gasteiger partial charge in [0.2, 0.25) is 11.8 Å². The van der Waals surface area contributed by atoms with Gasteiger partial charge in [-0.1, -0.05) is 35.5 Å². The molecule has 0 bridgehead atoms. The third kappa shape index (κ3) is 5.03. The van der Waals surface area contributed by atoms with E-state index in [-0.39, 0.29) is 11.8 Å².